The smallest absolute Gasteiger partial charge is 0.276 e. The zero-order valence-electron chi connectivity index (χ0n) is 15.0. The number of carbonyl (C=O) groups is 1. The molecule has 2 heterocycles. The molecule has 1 amide bonds. The third-order valence-corrected chi connectivity index (χ3v) is 4.32. The van der Waals surface area contributed by atoms with Crippen LogP contribution in [0.2, 0.25) is 0 Å². The topological polar surface area (TPSA) is 69.5 Å². The molecule has 0 aliphatic carbocycles. The van der Waals surface area contributed by atoms with Gasteiger partial charge in [0.1, 0.15) is 13.2 Å². The first-order valence-electron chi connectivity index (χ1n) is 8.77. The fourth-order valence-corrected chi connectivity index (χ4v) is 2.97. The Morgan fingerprint density at radius 2 is 1.85 bits per heavy atom. The van der Waals surface area contributed by atoms with Gasteiger partial charge in [-0.15, -0.1) is 5.10 Å². The van der Waals surface area contributed by atoms with Crippen molar-refractivity contribution >= 4 is 5.91 Å². The van der Waals surface area contributed by atoms with Crippen molar-refractivity contribution in [2.75, 3.05) is 20.3 Å². The molecule has 3 aromatic rings. The van der Waals surface area contributed by atoms with Gasteiger partial charge in [-0.05, 0) is 23.3 Å². The number of hydrogen-bond acceptors (Lipinski definition) is 5. The van der Waals surface area contributed by atoms with Gasteiger partial charge in [-0.1, -0.05) is 41.6 Å². The van der Waals surface area contributed by atoms with Gasteiger partial charge in [-0.25, -0.2) is 4.68 Å². The lowest BCUT2D eigenvalue weighted by Crippen LogP contribution is -2.26. The molecule has 0 N–H and O–H groups in total. The second-order valence-electron chi connectivity index (χ2n) is 6.43. The molecule has 138 valence electrons. The summed E-state index contributed by atoms with van der Waals surface area (Å²) < 4.78 is 12.8. The average molecular weight is 364 g/mol. The normalized spacial score (nSPS) is 12.6. The molecular weight excluding hydrogens is 344 g/mol. The van der Waals surface area contributed by atoms with Gasteiger partial charge in [0.2, 0.25) is 0 Å². The highest BCUT2D eigenvalue weighted by molar-refractivity contribution is 5.91. The van der Waals surface area contributed by atoms with E-state index in [0.717, 1.165) is 16.9 Å². The van der Waals surface area contributed by atoms with Gasteiger partial charge in [0.25, 0.3) is 5.91 Å². The SMILES string of the molecule is CN(Cc1ccc2c(c1)OCCO2)C(=O)c1cn(Cc2ccccc2)nn1. The fraction of sp³-hybridized carbons (Fsp3) is 0.250. The molecule has 1 aromatic heterocycles. The van der Waals surface area contributed by atoms with E-state index in [1.165, 1.54) is 0 Å². The molecule has 4 rings (SSSR count). The second-order valence-corrected chi connectivity index (χ2v) is 6.43. The van der Waals surface area contributed by atoms with Gasteiger partial charge >= 0.3 is 0 Å². The van der Waals surface area contributed by atoms with E-state index in [4.69, 9.17) is 9.47 Å². The van der Waals surface area contributed by atoms with Crippen LogP contribution in [0.3, 0.4) is 0 Å². The molecule has 0 bridgehead atoms. The third-order valence-electron chi connectivity index (χ3n) is 4.32. The highest BCUT2D eigenvalue weighted by atomic mass is 16.6. The van der Waals surface area contributed by atoms with Crippen LogP contribution in [0, 0.1) is 0 Å². The highest BCUT2D eigenvalue weighted by Crippen LogP contribution is 2.31. The molecule has 27 heavy (non-hydrogen) atoms. The van der Waals surface area contributed by atoms with Crippen molar-refractivity contribution in [3.05, 3.63) is 71.5 Å². The molecule has 0 fully saturated rings. The lowest BCUT2D eigenvalue weighted by molar-refractivity contribution is 0.0779. The predicted octanol–water partition coefficient (Wildman–Crippen LogP) is 2.37. The number of amides is 1. The Hall–Kier alpha value is -3.35. The van der Waals surface area contributed by atoms with Crippen LogP contribution in [0.15, 0.2) is 54.7 Å². The van der Waals surface area contributed by atoms with Crippen LogP contribution in [0.4, 0.5) is 0 Å². The maximum atomic E-state index is 12.7. The van der Waals surface area contributed by atoms with Crippen molar-refractivity contribution in [1.82, 2.24) is 19.9 Å². The minimum atomic E-state index is -0.177. The zero-order valence-corrected chi connectivity index (χ0v) is 15.0. The molecule has 0 radical (unpaired) electrons. The van der Waals surface area contributed by atoms with Crippen LogP contribution in [0.25, 0.3) is 0 Å². The lowest BCUT2D eigenvalue weighted by Gasteiger charge is -2.20. The monoisotopic (exact) mass is 364 g/mol. The number of rotatable bonds is 5. The quantitative estimate of drug-likeness (QED) is 0.695. The van der Waals surface area contributed by atoms with Crippen LogP contribution in [0.1, 0.15) is 21.6 Å². The van der Waals surface area contributed by atoms with E-state index in [-0.39, 0.29) is 5.91 Å². The van der Waals surface area contributed by atoms with Gasteiger partial charge < -0.3 is 14.4 Å². The van der Waals surface area contributed by atoms with E-state index in [1.807, 2.05) is 48.5 Å². The summed E-state index contributed by atoms with van der Waals surface area (Å²) in [5, 5.41) is 8.08. The number of hydrogen-bond donors (Lipinski definition) is 0. The number of carbonyl (C=O) groups excluding carboxylic acids is 1. The Labute approximate surface area is 157 Å². The zero-order chi connectivity index (χ0) is 18.6. The number of nitrogens with zero attached hydrogens (tertiary/aromatic N) is 4. The maximum absolute atomic E-state index is 12.7. The van der Waals surface area contributed by atoms with Crippen LogP contribution < -0.4 is 9.47 Å². The second kappa shape index (κ2) is 7.49. The summed E-state index contributed by atoms with van der Waals surface area (Å²) in [4.78, 5) is 14.3. The molecule has 7 nitrogen and oxygen atoms in total. The molecule has 7 heteroatoms. The van der Waals surface area contributed by atoms with Crippen LogP contribution in [-0.2, 0) is 13.1 Å². The van der Waals surface area contributed by atoms with Crippen molar-refractivity contribution in [3.63, 3.8) is 0 Å². The Morgan fingerprint density at radius 3 is 2.67 bits per heavy atom. The fourth-order valence-electron chi connectivity index (χ4n) is 2.97. The number of aromatic nitrogens is 3. The maximum Gasteiger partial charge on any atom is 0.276 e. The highest BCUT2D eigenvalue weighted by Gasteiger charge is 2.18. The Bertz CT molecular complexity index is 939. The Balaban J connectivity index is 1.42. The van der Waals surface area contributed by atoms with Crippen molar-refractivity contribution < 1.29 is 14.3 Å². The Kier molecular flexibility index (Phi) is 4.74. The van der Waals surface area contributed by atoms with Crippen molar-refractivity contribution in [2.24, 2.45) is 0 Å². The summed E-state index contributed by atoms with van der Waals surface area (Å²) >= 11 is 0. The molecule has 0 atom stereocenters. The summed E-state index contributed by atoms with van der Waals surface area (Å²) in [6.07, 6.45) is 1.68. The summed E-state index contributed by atoms with van der Waals surface area (Å²) in [5.74, 6) is 1.28. The molecule has 0 saturated heterocycles. The minimum Gasteiger partial charge on any atom is -0.486 e. The first-order chi connectivity index (χ1) is 13.2. The van der Waals surface area contributed by atoms with Crippen LogP contribution >= 0.6 is 0 Å². The largest absolute Gasteiger partial charge is 0.486 e. The predicted molar refractivity (Wildman–Crippen MR) is 98.8 cm³/mol. The Morgan fingerprint density at radius 1 is 1.07 bits per heavy atom. The number of benzene rings is 2. The standard InChI is InChI=1S/C20H20N4O3/c1-23(12-16-7-8-18-19(11-16)27-10-9-26-18)20(25)17-14-24(22-21-17)13-15-5-3-2-4-6-15/h2-8,11,14H,9-10,12-13H2,1H3. The van der Waals surface area contributed by atoms with E-state index >= 15 is 0 Å². The summed E-state index contributed by atoms with van der Waals surface area (Å²) in [7, 11) is 1.75. The molecule has 0 unspecified atom stereocenters. The molecular formula is C20H20N4O3. The molecule has 0 saturated carbocycles. The van der Waals surface area contributed by atoms with Gasteiger partial charge in [0, 0.05) is 13.6 Å². The van der Waals surface area contributed by atoms with Crippen molar-refractivity contribution in [2.45, 2.75) is 13.1 Å². The van der Waals surface area contributed by atoms with E-state index < -0.39 is 0 Å². The average Bonchev–Trinajstić information content (AvgIpc) is 3.16. The molecule has 2 aromatic carbocycles. The van der Waals surface area contributed by atoms with Crippen LogP contribution in [0.5, 0.6) is 11.5 Å². The van der Waals surface area contributed by atoms with Gasteiger partial charge in [0.05, 0.1) is 12.7 Å². The van der Waals surface area contributed by atoms with Gasteiger partial charge in [-0.2, -0.15) is 0 Å². The van der Waals surface area contributed by atoms with Gasteiger partial charge in [0.15, 0.2) is 17.2 Å². The molecule has 0 spiro atoms. The molecule has 1 aliphatic heterocycles. The summed E-state index contributed by atoms with van der Waals surface area (Å²) in [5.41, 5.74) is 2.39. The number of fused-ring (bicyclic) bond motifs is 1. The lowest BCUT2D eigenvalue weighted by atomic mass is 10.2. The van der Waals surface area contributed by atoms with E-state index in [9.17, 15) is 4.79 Å². The number of ether oxygens (including phenoxy) is 2. The third kappa shape index (κ3) is 3.92. The summed E-state index contributed by atoms with van der Waals surface area (Å²) in [6.45, 7) is 2.12. The summed E-state index contributed by atoms with van der Waals surface area (Å²) in [6, 6.07) is 15.6. The molecule has 1 aliphatic rings. The van der Waals surface area contributed by atoms with E-state index in [1.54, 1.807) is 22.8 Å². The van der Waals surface area contributed by atoms with E-state index in [0.29, 0.717) is 37.7 Å². The van der Waals surface area contributed by atoms with Crippen molar-refractivity contribution in [3.8, 4) is 11.5 Å². The first-order valence-corrected chi connectivity index (χ1v) is 8.77. The van der Waals surface area contributed by atoms with E-state index in [2.05, 4.69) is 10.3 Å². The minimum absolute atomic E-state index is 0.177. The van der Waals surface area contributed by atoms with Gasteiger partial charge in [-0.3, -0.25) is 4.79 Å². The first kappa shape index (κ1) is 17.1. The van der Waals surface area contributed by atoms with Crippen LogP contribution in [-0.4, -0.2) is 46.1 Å². The van der Waals surface area contributed by atoms with Crippen molar-refractivity contribution in [1.29, 1.82) is 0 Å².